The largest absolute Gasteiger partial charge is 0.264 e. The Balaban J connectivity index is 1.07. The van der Waals surface area contributed by atoms with Crippen molar-refractivity contribution in [2.75, 3.05) is 0 Å². The third-order valence-electron chi connectivity index (χ3n) is 9.67. The second kappa shape index (κ2) is 14.0. The first kappa shape index (κ1) is 32.4. The van der Waals surface area contributed by atoms with E-state index in [2.05, 4.69) is 65.6 Å². The van der Waals surface area contributed by atoms with Crippen LogP contribution in [0.1, 0.15) is 0 Å². The topological polar surface area (TPSA) is 77.3 Å². The van der Waals surface area contributed by atoms with Crippen molar-refractivity contribution in [1.29, 1.82) is 0 Å². The molecule has 10 aromatic rings. The number of pyridine rings is 1. The number of hydrogen-bond donors (Lipinski definition) is 0. The molecule has 6 nitrogen and oxygen atoms in total. The molecule has 55 heavy (non-hydrogen) atoms. The molecule has 0 aliphatic carbocycles. The van der Waals surface area contributed by atoms with Gasteiger partial charge in [0.1, 0.15) is 0 Å². The summed E-state index contributed by atoms with van der Waals surface area (Å²) >= 11 is 1.80. The van der Waals surface area contributed by atoms with Gasteiger partial charge in [0, 0.05) is 65.9 Å². The Morgan fingerprint density at radius 1 is 0.364 bits per heavy atom. The highest BCUT2D eigenvalue weighted by Crippen LogP contribution is 2.44. The molecule has 6 aromatic carbocycles. The summed E-state index contributed by atoms with van der Waals surface area (Å²) in [4.78, 5) is 29.4. The molecule has 0 spiro atoms. The fourth-order valence-electron chi connectivity index (χ4n) is 6.98. The van der Waals surface area contributed by atoms with Crippen LogP contribution in [0.25, 0.3) is 99.4 Å². The van der Waals surface area contributed by atoms with E-state index in [-0.39, 0.29) is 0 Å². The average Bonchev–Trinajstić information content (AvgIpc) is 3.67. The predicted molar refractivity (Wildman–Crippen MR) is 224 cm³/mol. The van der Waals surface area contributed by atoms with Crippen LogP contribution >= 0.6 is 11.3 Å². The lowest BCUT2D eigenvalue weighted by atomic mass is 9.99. The van der Waals surface area contributed by atoms with Crippen molar-refractivity contribution in [3.05, 3.63) is 182 Å². The Hall–Kier alpha value is -7.22. The lowest BCUT2D eigenvalue weighted by molar-refractivity contribution is 1.08. The molecule has 0 unspecified atom stereocenters. The van der Waals surface area contributed by atoms with Crippen LogP contribution in [-0.2, 0) is 0 Å². The Morgan fingerprint density at radius 2 is 0.891 bits per heavy atom. The van der Waals surface area contributed by atoms with Gasteiger partial charge in [-0.2, -0.15) is 0 Å². The summed E-state index contributed by atoms with van der Waals surface area (Å²) in [6.45, 7) is 0. The van der Waals surface area contributed by atoms with Crippen LogP contribution in [0.15, 0.2) is 182 Å². The zero-order valence-corrected chi connectivity index (χ0v) is 30.2. The quantitative estimate of drug-likeness (QED) is 0.163. The van der Waals surface area contributed by atoms with E-state index < -0.39 is 0 Å². The Kier molecular flexibility index (Phi) is 8.24. The zero-order valence-electron chi connectivity index (χ0n) is 29.4. The number of nitrogens with zero attached hydrogens (tertiary/aromatic N) is 6. The number of hydrogen-bond acceptors (Lipinski definition) is 7. The van der Waals surface area contributed by atoms with Crippen LogP contribution < -0.4 is 0 Å². The van der Waals surface area contributed by atoms with E-state index in [1.54, 1.807) is 17.5 Å². The van der Waals surface area contributed by atoms with Crippen molar-refractivity contribution in [2.24, 2.45) is 0 Å². The van der Waals surface area contributed by atoms with E-state index in [1.807, 2.05) is 115 Å². The monoisotopic (exact) mass is 722 g/mol. The number of fused-ring (bicyclic) bond motifs is 3. The molecule has 4 heterocycles. The number of aromatic nitrogens is 6. The normalized spacial score (nSPS) is 11.3. The van der Waals surface area contributed by atoms with Crippen LogP contribution in [0.3, 0.4) is 0 Å². The SMILES string of the molecule is c1ccc(-c2nc(-c3ccc(-c4cccc5c4sc4cccc(-c6nc(-c7ccccc7)nc(-c7ccccc7)n6)c45)cc3)cc(-c3cccnc3)n2)cc1. The van der Waals surface area contributed by atoms with E-state index in [0.717, 1.165) is 55.7 Å². The maximum atomic E-state index is 5.07. The van der Waals surface area contributed by atoms with Gasteiger partial charge in [-0.15, -0.1) is 11.3 Å². The van der Waals surface area contributed by atoms with Crippen LogP contribution in [0.4, 0.5) is 0 Å². The summed E-state index contributed by atoms with van der Waals surface area (Å²) in [5, 5.41) is 2.31. The van der Waals surface area contributed by atoms with Crippen molar-refractivity contribution in [2.45, 2.75) is 0 Å². The second-order valence-corrected chi connectivity index (χ2v) is 14.2. The molecule has 7 heteroatoms. The van der Waals surface area contributed by atoms with Crippen molar-refractivity contribution in [3.8, 4) is 79.2 Å². The summed E-state index contributed by atoms with van der Waals surface area (Å²) in [6.07, 6.45) is 3.61. The van der Waals surface area contributed by atoms with Crippen LogP contribution in [-0.4, -0.2) is 29.9 Å². The molecule has 0 fully saturated rings. The standard InChI is InChI=1S/C48H30N6S/c1-4-13-33(14-5-1)45-50-40(29-41(51-45)36-19-12-28-49-30-36)32-26-24-31(25-27-32)37-20-10-21-38-43-39(22-11-23-42(43)55-44(37)38)48-53-46(34-15-6-2-7-16-34)52-47(54-48)35-17-8-3-9-18-35/h1-30H. The first-order valence-electron chi connectivity index (χ1n) is 18.0. The van der Waals surface area contributed by atoms with Gasteiger partial charge in [-0.3, -0.25) is 4.98 Å². The van der Waals surface area contributed by atoms with Gasteiger partial charge in [0.05, 0.1) is 11.4 Å². The molecular weight excluding hydrogens is 693 g/mol. The molecular formula is C48H30N6S. The third-order valence-corrected chi connectivity index (χ3v) is 10.9. The minimum absolute atomic E-state index is 0.647. The number of benzene rings is 6. The first-order valence-corrected chi connectivity index (χ1v) is 18.8. The van der Waals surface area contributed by atoms with E-state index in [0.29, 0.717) is 23.3 Å². The Labute approximate surface area is 321 Å². The maximum Gasteiger partial charge on any atom is 0.164 e. The molecule has 258 valence electrons. The lowest BCUT2D eigenvalue weighted by Gasteiger charge is -2.10. The maximum absolute atomic E-state index is 5.07. The fourth-order valence-corrected chi connectivity index (χ4v) is 8.25. The van der Waals surface area contributed by atoms with Gasteiger partial charge in [-0.05, 0) is 35.4 Å². The van der Waals surface area contributed by atoms with Crippen LogP contribution in [0.5, 0.6) is 0 Å². The zero-order chi connectivity index (χ0) is 36.6. The van der Waals surface area contributed by atoms with Gasteiger partial charge in [-0.1, -0.05) is 146 Å². The highest BCUT2D eigenvalue weighted by molar-refractivity contribution is 7.26. The Morgan fingerprint density at radius 3 is 1.51 bits per heavy atom. The summed E-state index contributed by atoms with van der Waals surface area (Å²) in [5.41, 5.74) is 9.78. The minimum Gasteiger partial charge on any atom is -0.264 e. The van der Waals surface area contributed by atoms with E-state index in [9.17, 15) is 0 Å². The molecule has 0 aliphatic heterocycles. The van der Waals surface area contributed by atoms with Gasteiger partial charge in [0.2, 0.25) is 0 Å². The van der Waals surface area contributed by atoms with E-state index in [4.69, 9.17) is 24.9 Å². The first-order chi connectivity index (χ1) is 27.2. The molecule has 0 aliphatic rings. The van der Waals surface area contributed by atoms with Gasteiger partial charge in [0.25, 0.3) is 0 Å². The summed E-state index contributed by atoms with van der Waals surface area (Å²) in [5.74, 6) is 2.62. The molecule has 4 aromatic heterocycles. The van der Waals surface area contributed by atoms with Crippen molar-refractivity contribution >= 4 is 31.5 Å². The lowest BCUT2D eigenvalue weighted by Crippen LogP contribution is -2.00. The molecule has 0 saturated heterocycles. The number of thiophene rings is 1. The van der Waals surface area contributed by atoms with Crippen LogP contribution in [0, 0.1) is 0 Å². The fraction of sp³-hybridized carbons (Fsp3) is 0. The van der Waals surface area contributed by atoms with Crippen molar-refractivity contribution in [3.63, 3.8) is 0 Å². The van der Waals surface area contributed by atoms with Crippen molar-refractivity contribution in [1.82, 2.24) is 29.9 Å². The van der Waals surface area contributed by atoms with Gasteiger partial charge in [-0.25, -0.2) is 24.9 Å². The summed E-state index contributed by atoms with van der Waals surface area (Å²) < 4.78 is 2.39. The smallest absolute Gasteiger partial charge is 0.164 e. The summed E-state index contributed by atoms with van der Waals surface area (Å²) in [7, 11) is 0. The van der Waals surface area contributed by atoms with Gasteiger partial charge < -0.3 is 0 Å². The minimum atomic E-state index is 0.647. The third kappa shape index (κ3) is 6.22. The van der Waals surface area contributed by atoms with Gasteiger partial charge >= 0.3 is 0 Å². The molecule has 0 atom stereocenters. The van der Waals surface area contributed by atoms with Gasteiger partial charge in [0.15, 0.2) is 23.3 Å². The van der Waals surface area contributed by atoms with Crippen molar-refractivity contribution < 1.29 is 0 Å². The van der Waals surface area contributed by atoms with Crippen LogP contribution in [0.2, 0.25) is 0 Å². The average molecular weight is 723 g/mol. The summed E-state index contributed by atoms with van der Waals surface area (Å²) in [6, 6.07) is 58.0. The molecule has 0 radical (unpaired) electrons. The molecule has 0 amide bonds. The molecule has 0 saturated carbocycles. The molecule has 0 bridgehead atoms. The molecule has 10 rings (SSSR count). The Bertz CT molecular complexity index is 2840. The molecule has 0 N–H and O–H groups in total. The number of rotatable bonds is 7. The van der Waals surface area contributed by atoms with E-state index in [1.165, 1.54) is 20.3 Å². The second-order valence-electron chi connectivity index (χ2n) is 13.1. The predicted octanol–water partition coefficient (Wildman–Crippen LogP) is 12.1. The highest BCUT2D eigenvalue weighted by atomic mass is 32.1. The highest BCUT2D eigenvalue weighted by Gasteiger charge is 2.19. The van der Waals surface area contributed by atoms with E-state index >= 15 is 0 Å².